The van der Waals surface area contributed by atoms with Crippen molar-refractivity contribution >= 4 is 18.0 Å². The first-order valence-corrected chi connectivity index (χ1v) is 7.21. The molecule has 1 amide bonds. The number of hydrogen-bond acceptors (Lipinski definition) is 3. The first-order valence-electron chi connectivity index (χ1n) is 7.21. The van der Waals surface area contributed by atoms with Gasteiger partial charge < -0.3 is 10.4 Å². The van der Waals surface area contributed by atoms with Gasteiger partial charge in [0.15, 0.2) is 0 Å². The van der Waals surface area contributed by atoms with E-state index in [1.54, 1.807) is 18.2 Å². The summed E-state index contributed by atoms with van der Waals surface area (Å²) in [4.78, 5) is 24.6. The van der Waals surface area contributed by atoms with Crippen LogP contribution in [0.3, 0.4) is 0 Å². The van der Waals surface area contributed by atoms with E-state index in [9.17, 15) is 14.0 Å². The highest BCUT2D eigenvalue weighted by Gasteiger charge is 2.24. The second-order valence-corrected chi connectivity index (χ2v) is 5.31. The van der Waals surface area contributed by atoms with Crippen LogP contribution in [0, 0.1) is 11.7 Å². The standard InChI is InChI=1S/C16H19FN2O3/c17-14-4-1-12(2-5-14)3-6-15(20)18-11-19-9-7-13(8-10-19)16(21)22/h1-6,13H,7-11H2,(H,18,20)(H,21,22)/b6-3+. The SMILES string of the molecule is O=C(/C=C/c1ccc(F)cc1)NCN1CCC(C(=O)O)CC1. The van der Waals surface area contributed by atoms with Crippen LogP contribution in [0.5, 0.6) is 0 Å². The van der Waals surface area contributed by atoms with E-state index in [-0.39, 0.29) is 17.6 Å². The number of nitrogens with zero attached hydrogens (tertiary/aromatic N) is 1. The third-order valence-electron chi connectivity index (χ3n) is 3.71. The van der Waals surface area contributed by atoms with Gasteiger partial charge >= 0.3 is 5.97 Å². The lowest BCUT2D eigenvalue weighted by atomic mass is 9.97. The second-order valence-electron chi connectivity index (χ2n) is 5.31. The van der Waals surface area contributed by atoms with E-state index in [0.717, 1.165) is 5.56 Å². The van der Waals surface area contributed by atoms with Gasteiger partial charge in [-0.15, -0.1) is 0 Å². The highest BCUT2D eigenvalue weighted by Crippen LogP contribution is 2.16. The molecular weight excluding hydrogens is 287 g/mol. The van der Waals surface area contributed by atoms with Gasteiger partial charge in [-0.25, -0.2) is 4.39 Å². The molecule has 22 heavy (non-hydrogen) atoms. The molecule has 1 heterocycles. The van der Waals surface area contributed by atoms with E-state index in [1.165, 1.54) is 18.2 Å². The van der Waals surface area contributed by atoms with Crippen molar-refractivity contribution in [3.63, 3.8) is 0 Å². The van der Waals surface area contributed by atoms with Crippen molar-refractivity contribution < 1.29 is 19.1 Å². The number of likely N-dealkylation sites (tertiary alicyclic amines) is 1. The Balaban J connectivity index is 1.72. The number of benzene rings is 1. The zero-order valence-corrected chi connectivity index (χ0v) is 12.2. The quantitative estimate of drug-likeness (QED) is 0.813. The van der Waals surface area contributed by atoms with Crippen molar-refractivity contribution in [2.45, 2.75) is 12.8 Å². The molecule has 0 atom stereocenters. The van der Waals surface area contributed by atoms with Gasteiger partial charge in [-0.2, -0.15) is 0 Å². The third kappa shape index (κ3) is 4.96. The molecule has 0 radical (unpaired) electrons. The molecule has 0 saturated carbocycles. The number of carbonyl (C=O) groups excluding carboxylic acids is 1. The van der Waals surface area contributed by atoms with Crippen molar-refractivity contribution in [3.05, 3.63) is 41.7 Å². The molecule has 0 unspecified atom stereocenters. The van der Waals surface area contributed by atoms with Crippen LogP contribution in [0.15, 0.2) is 30.3 Å². The van der Waals surface area contributed by atoms with Crippen LogP contribution in [-0.2, 0) is 9.59 Å². The molecule has 1 aromatic rings. The molecule has 1 aromatic carbocycles. The Labute approximate surface area is 128 Å². The number of carboxylic acids is 1. The van der Waals surface area contributed by atoms with Gasteiger partial charge in [0, 0.05) is 19.2 Å². The predicted octanol–water partition coefficient (Wildman–Crippen LogP) is 1.71. The lowest BCUT2D eigenvalue weighted by Crippen LogP contribution is -2.42. The van der Waals surface area contributed by atoms with Crippen molar-refractivity contribution in [2.24, 2.45) is 5.92 Å². The number of hydrogen-bond donors (Lipinski definition) is 2. The summed E-state index contributed by atoms with van der Waals surface area (Å²) in [5, 5.41) is 11.7. The van der Waals surface area contributed by atoms with Crippen molar-refractivity contribution in [1.29, 1.82) is 0 Å². The summed E-state index contributed by atoms with van der Waals surface area (Å²) < 4.78 is 12.7. The van der Waals surface area contributed by atoms with Gasteiger partial charge in [-0.3, -0.25) is 14.5 Å². The van der Waals surface area contributed by atoms with E-state index in [0.29, 0.717) is 32.6 Å². The monoisotopic (exact) mass is 306 g/mol. The Morgan fingerprint density at radius 1 is 1.27 bits per heavy atom. The molecule has 2 rings (SSSR count). The molecule has 0 spiro atoms. The summed E-state index contributed by atoms with van der Waals surface area (Å²) >= 11 is 0. The summed E-state index contributed by atoms with van der Waals surface area (Å²) in [6.45, 7) is 1.73. The molecule has 118 valence electrons. The maximum absolute atomic E-state index is 12.7. The number of carboxylic acid groups (broad SMARTS) is 1. The number of halogens is 1. The molecule has 0 aromatic heterocycles. The normalized spacial score (nSPS) is 16.8. The molecule has 1 saturated heterocycles. The number of piperidine rings is 1. The van der Waals surface area contributed by atoms with Crippen LogP contribution < -0.4 is 5.32 Å². The fraction of sp³-hybridized carbons (Fsp3) is 0.375. The van der Waals surface area contributed by atoms with E-state index < -0.39 is 5.97 Å². The molecule has 5 nitrogen and oxygen atoms in total. The zero-order valence-electron chi connectivity index (χ0n) is 12.2. The maximum Gasteiger partial charge on any atom is 0.306 e. The number of aliphatic carboxylic acids is 1. The summed E-state index contributed by atoms with van der Waals surface area (Å²) in [6.07, 6.45) is 4.23. The van der Waals surface area contributed by atoms with Crippen LogP contribution in [0.2, 0.25) is 0 Å². The molecular formula is C16H19FN2O3. The minimum absolute atomic E-state index is 0.232. The predicted molar refractivity (Wildman–Crippen MR) is 80.4 cm³/mol. The molecule has 1 aliphatic rings. The first-order chi connectivity index (χ1) is 10.5. The summed E-state index contributed by atoms with van der Waals surface area (Å²) in [5.41, 5.74) is 0.749. The lowest BCUT2D eigenvalue weighted by molar-refractivity contribution is -0.143. The molecule has 0 bridgehead atoms. The Morgan fingerprint density at radius 3 is 2.50 bits per heavy atom. The van der Waals surface area contributed by atoms with Crippen LogP contribution in [-0.4, -0.2) is 41.6 Å². The maximum atomic E-state index is 12.7. The van der Waals surface area contributed by atoms with Crippen molar-refractivity contribution in [3.8, 4) is 0 Å². The van der Waals surface area contributed by atoms with Crippen molar-refractivity contribution in [1.82, 2.24) is 10.2 Å². The second kappa shape index (κ2) is 7.70. The number of carbonyl (C=O) groups is 2. The molecule has 0 aliphatic carbocycles. The van der Waals surface area contributed by atoms with Gasteiger partial charge in [0.25, 0.3) is 0 Å². The lowest BCUT2D eigenvalue weighted by Gasteiger charge is -2.29. The molecule has 6 heteroatoms. The average molecular weight is 306 g/mol. The van der Waals surface area contributed by atoms with Gasteiger partial charge in [0.2, 0.25) is 5.91 Å². The fourth-order valence-electron chi connectivity index (χ4n) is 2.33. The topological polar surface area (TPSA) is 69.6 Å². The average Bonchev–Trinajstić information content (AvgIpc) is 2.52. The Morgan fingerprint density at radius 2 is 1.91 bits per heavy atom. The molecule has 1 fully saturated rings. The largest absolute Gasteiger partial charge is 0.481 e. The van der Waals surface area contributed by atoms with Crippen LogP contribution in [0.25, 0.3) is 6.08 Å². The zero-order chi connectivity index (χ0) is 15.9. The highest BCUT2D eigenvalue weighted by atomic mass is 19.1. The van der Waals surface area contributed by atoms with Gasteiger partial charge in [-0.05, 0) is 36.6 Å². The fourth-order valence-corrected chi connectivity index (χ4v) is 2.33. The minimum atomic E-state index is -0.745. The van der Waals surface area contributed by atoms with Gasteiger partial charge in [-0.1, -0.05) is 12.1 Å². The van der Waals surface area contributed by atoms with E-state index >= 15 is 0 Å². The molecule has 1 aliphatic heterocycles. The molecule has 2 N–H and O–H groups in total. The van der Waals surface area contributed by atoms with E-state index in [2.05, 4.69) is 5.32 Å². The third-order valence-corrected chi connectivity index (χ3v) is 3.71. The number of nitrogens with one attached hydrogen (secondary N) is 1. The Kier molecular flexibility index (Phi) is 5.66. The number of amides is 1. The van der Waals surface area contributed by atoms with Gasteiger partial charge in [0.1, 0.15) is 5.82 Å². The van der Waals surface area contributed by atoms with Gasteiger partial charge in [0.05, 0.1) is 12.6 Å². The minimum Gasteiger partial charge on any atom is -0.481 e. The van der Waals surface area contributed by atoms with Crippen LogP contribution in [0.4, 0.5) is 4.39 Å². The van der Waals surface area contributed by atoms with Crippen LogP contribution in [0.1, 0.15) is 18.4 Å². The Bertz CT molecular complexity index is 549. The smallest absolute Gasteiger partial charge is 0.306 e. The Hall–Kier alpha value is -2.21. The van der Waals surface area contributed by atoms with Crippen molar-refractivity contribution in [2.75, 3.05) is 19.8 Å². The van der Waals surface area contributed by atoms with E-state index in [4.69, 9.17) is 5.11 Å². The summed E-state index contributed by atoms with van der Waals surface area (Å²) in [7, 11) is 0. The summed E-state index contributed by atoms with van der Waals surface area (Å²) in [6, 6.07) is 5.86. The van der Waals surface area contributed by atoms with Crippen LogP contribution >= 0.6 is 0 Å². The highest BCUT2D eigenvalue weighted by molar-refractivity contribution is 5.91. The first kappa shape index (κ1) is 16.2. The van der Waals surface area contributed by atoms with E-state index in [1.807, 2.05) is 4.90 Å². The number of rotatable bonds is 5. The summed E-state index contributed by atoms with van der Waals surface area (Å²) in [5.74, 6) is -1.56.